The Balaban J connectivity index is 2.08. The Morgan fingerprint density at radius 2 is 2.13 bits per heavy atom. The Bertz CT molecular complexity index is 774. The lowest BCUT2D eigenvalue weighted by molar-refractivity contribution is 0.0524. The molecule has 0 aromatic carbocycles. The van der Waals surface area contributed by atoms with Crippen molar-refractivity contribution in [1.29, 1.82) is 0 Å². The molecule has 0 amide bonds. The van der Waals surface area contributed by atoms with Gasteiger partial charge in [0.15, 0.2) is 0 Å². The first-order chi connectivity index (χ1) is 11.1. The fourth-order valence-corrected chi connectivity index (χ4v) is 2.50. The number of carbonyl (C=O) groups excluding carboxylic acids is 1. The smallest absolute Gasteiger partial charge is 0.343 e. The van der Waals surface area contributed by atoms with E-state index in [1.165, 1.54) is 12.8 Å². The standard InChI is InChI=1S/C18H20N2O3/c1-3-23-18(22)15-11-20(9-13-5-6-13)10-14(17(15)21)16-7-4-12(2)8-19-16/h4,7-8,10-11,13H,3,5-6,9H2,1-2H3. The van der Waals surface area contributed by atoms with E-state index < -0.39 is 5.97 Å². The van der Waals surface area contributed by atoms with Crippen molar-refractivity contribution >= 4 is 5.97 Å². The van der Waals surface area contributed by atoms with Gasteiger partial charge in [-0.2, -0.15) is 0 Å². The van der Waals surface area contributed by atoms with Gasteiger partial charge in [-0.05, 0) is 44.2 Å². The minimum Gasteiger partial charge on any atom is -0.462 e. The molecule has 0 N–H and O–H groups in total. The van der Waals surface area contributed by atoms with Gasteiger partial charge in [-0.3, -0.25) is 9.78 Å². The molecule has 1 aliphatic carbocycles. The van der Waals surface area contributed by atoms with E-state index in [-0.39, 0.29) is 17.6 Å². The van der Waals surface area contributed by atoms with Gasteiger partial charge in [0.1, 0.15) is 5.56 Å². The summed E-state index contributed by atoms with van der Waals surface area (Å²) in [6.07, 6.45) is 7.51. The second-order valence-corrected chi connectivity index (χ2v) is 6.00. The summed E-state index contributed by atoms with van der Waals surface area (Å²) in [7, 11) is 0. The monoisotopic (exact) mass is 312 g/mol. The van der Waals surface area contributed by atoms with Crippen LogP contribution in [-0.2, 0) is 11.3 Å². The van der Waals surface area contributed by atoms with Crippen LogP contribution in [0.5, 0.6) is 0 Å². The highest BCUT2D eigenvalue weighted by molar-refractivity contribution is 5.90. The van der Waals surface area contributed by atoms with Crippen molar-refractivity contribution in [2.75, 3.05) is 6.61 Å². The maximum absolute atomic E-state index is 12.7. The van der Waals surface area contributed by atoms with Gasteiger partial charge in [0.05, 0.1) is 17.9 Å². The van der Waals surface area contributed by atoms with Crippen molar-refractivity contribution in [3.8, 4) is 11.3 Å². The molecule has 3 rings (SSSR count). The summed E-state index contributed by atoms with van der Waals surface area (Å²) in [6, 6.07) is 3.71. The van der Waals surface area contributed by atoms with Crippen LogP contribution in [-0.4, -0.2) is 22.1 Å². The molecular formula is C18H20N2O3. The van der Waals surface area contributed by atoms with Gasteiger partial charge in [-0.15, -0.1) is 0 Å². The topological polar surface area (TPSA) is 61.2 Å². The van der Waals surface area contributed by atoms with Gasteiger partial charge in [-0.25, -0.2) is 4.79 Å². The van der Waals surface area contributed by atoms with E-state index in [1.54, 1.807) is 25.5 Å². The molecule has 120 valence electrons. The van der Waals surface area contributed by atoms with Crippen LogP contribution in [0.2, 0.25) is 0 Å². The van der Waals surface area contributed by atoms with Gasteiger partial charge >= 0.3 is 5.97 Å². The normalized spacial score (nSPS) is 13.8. The number of aromatic nitrogens is 2. The number of pyridine rings is 2. The van der Waals surface area contributed by atoms with Gasteiger partial charge in [0.2, 0.25) is 5.43 Å². The number of hydrogen-bond acceptors (Lipinski definition) is 4. The lowest BCUT2D eigenvalue weighted by Gasteiger charge is -2.11. The van der Waals surface area contributed by atoms with Crippen LogP contribution in [0.3, 0.4) is 0 Å². The van der Waals surface area contributed by atoms with E-state index in [2.05, 4.69) is 4.98 Å². The van der Waals surface area contributed by atoms with E-state index in [0.717, 1.165) is 12.1 Å². The molecule has 2 aromatic rings. The maximum Gasteiger partial charge on any atom is 0.343 e. The average molecular weight is 312 g/mol. The number of ether oxygens (including phenoxy) is 1. The van der Waals surface area contributed by atoms with Crippen molar-refractivity contribution in [3.05, 3.63) is 52.1 Å². The molecule has 23 heavy (non-hydrogen) atoms. The van der Waals surface area contributed by atoms with Crippen LogP contribution in [0.15, 0.2) is 35.5 Å². The highest BCUT2D eigenvalue weighted by Crippen LogP contribution is 2.30. The Morgan fingerprint density at radius 1 is 1.35 bits per heavy atom. The molecule has 1 aliphatic rings. The van der Waals surface area contributed by atoms with E-state index in [9.17, 15) is 9.59 Å². The Morgan fingerprint density at radius 3 is 2.74 bits per heavy atom. The first-order valence-electron chi connectivity index (χ1n) is 7.92. The molecule has 0 unspecified atom stereocenters. The molecule has 0 atom stereocenters. The van der Waals surface area contributed by atoms with E-state index in [1.807, 2.05) is 23.6 Å². The second-order valence-electron chi connectivity index (χ2n) is 6.00. The number of rotatable bonds is 5. The minimum absolute atomic E-state index is 0.0763. The van der Waals surface area contributed by atoms with Gasteiger partial charge < -0.3 is 9.30 Å². The fraction of sp³-hybridized carbons (Fsp3) is 0.389. The van der Waals surface area contributed by atoms with Crippen molar-refractivity contribution in [1.82, 2.24) is 9.55 Å². The van der Waals surface area contributed by atoms with Crippen molar-refractivity contribution < 1.29 is 9.53 Å². The summed E-state index contributed by atoms with van der Waals surface area (Å²) in [5.41, 5.74) is 1.79. The van der Waals surface area contributed by atoms with Gasteiger partial charge in [0.25, 0.3) is 0 Å². The molecule has 0 spiro atoms. The van der Waals surface area contributed by atoms with Crippen molar-refractivity contribution in [3.63, 3.8) is 0 Å². The molecule has 0 saturated heterocycles. The molecule has 0 aliphatic heterocycles. The molecule has 2 heterocycles. The van der Waals surface area contributed by atoms with Gasteiger partial charge in [-0.1, -0.05) is 6.07 Å². The molecule has 5 nitrogen and oxygen atoms in total. The molecule has 5 heteroatoms. The molecular weight excluding hydrogens is 292 g/mol. The van der Waals surface area contributed by atoms with Crippen molar-refractivity contribution in [2.24, 2.45) is 5.92 Å². The van der Waals surface area contributed by atoms with E-state index in [4.69, 9.17) is 4.74 Å². The number of esters is 1. The van der Waals surface area contributed by atoms with Crippen LogP contribution in [0.1, 0.15) is 35.7 Å². The van der Waals surface area contributed by atoms with Crippen molar-refractivity contribution in [2.45, 2.75) is 33.2 Å². The predicted molar refractivity (Wildman–Crippen MR) is 87.4 cm³/mol. The third-order valence-electron chi connectivity index (χ3n) is 3.93. The summed E-state index contributed by atoms with van der Waals surface area (Å²) in [4.78, 5) is 29.1. The second kappa shape index (κ2) is 6.36. The Hall–Kier alpha value is -2.43. The summed E-state index contributed by atoms with van der Waals surface area (Å²) >= 11 is 0. The number of carbonyl (C=O) groups is 1. The average Bonchev–Trinajstić information content (AvgIpc) is 3.34. The molecule has 2 aromatic heterocycles. The Kier molecular flexibility index (Phi) is 4.28. The summed E-state index contributed by atoms with van der Waals surface area (Å²) < 4.78 is 6.94. The molecule has 0 radical (unpaired) electrons. The highest BCUT2D eigenvalue weighted by atomic mass is 16.5. The van der Waals surface area contributed by atoms with Crippen LogP contribution in [0.4, 0.5) is 0 Å². The van der Waals surface area contributed by atoms with Crippen LogP contribution in [0.25, 0.3) is 11.3 Å². The quantitative estimate of drug-likeness (QED) is 0.797. The molecule has 0 bridgehead atoms. The van der Waals surface area contributed by atoms with E-state index >= 15 is 0 Å². The van der Waals surface area contributed by atoms with Gasteiger partial charge in [0, 0.05) is 25.1 Å². The van der Waals surface area contributed by atoms with Crippen LogP contribution in [0, 0.1) is 12.8 Å². The number of hydrogen-bond donors (Lipinski definition) is 0. The SMILES string of the molecule is CCOC(=O)c1cn(CC2CC2)cc(-c2ccc(C)cn2)c1=O. The zero-order valence-corrected chi connectivity index (χ0v) is 13.4. The lowest BCUT2D eigenvalue weighted by Crippen LogP contribution is -2.22. The first-order valence-corrected chi connectivity index (χ1v) is 7.92. The fourth-order valence-electron chi connectivity index (χ4n) is 2.50. The minimum atomic E-state index is -0.573. The maximum atomic E-state index is 12.7. The zero-order chi connectivity index (χ0) is 16.4. The van der Waals surface area contributed by atoms with E-state index in [0.29, 0.717) is 17.2 Å². The first kappa shape index (κ1) is 15.5. The third kappa shape index (κ3) is 3.50. The number of aryl methyl sites for hydroxylation is 1. The Labute approximate surface area is 134 Å². The highest BCUT2D eigenvalue weighted by Gasteiger charge is 2.23. The molecule has 1 fully saturated rings. The zero-order valence-electron chi connectivity index (χ0n) is 13.4. The predicted octanol–water partition coefficient (Wildman–Crippen LogP) is 2.81. The molecule has 1 saturated carbocycles. The summed E-state index contributed by atoms with van der Waals surface area (Å²) in [6.45, 7) is 4.72. The third-order valence-corrected chi connectivity index (χ3v) is 3.93. The largest absolute Gasteiger partial charge is 0.462 e. The van der Waals surface area contributed by atoms with Crippen LogP contribution < -0.4 is 5.43 Å². The summed E-state index contributed by atoms with van der Waals surface area (Å²) in [5.74, 6) is 0.0578. The summed E-state index contributed by atoms with van der Waals surface area (Å²) in [5, 5.41) is 0. The van der Waals surface area contributed by atoms with Crippen LogP contribution >= 0.6 is 0 Å². The number of nitrogens with zero attached hydrogens (tertiary/aromatic N) is 2. The lowest BCUT2D eigenvalue weighted by atomic mass is 10.1.